The Morgan fingerprint density at radius 3 is 2.79 bits per heavy atom. The molecule has 1 aliphatic carbocycles. The molecule has 1 unspecified atom stereocenters. The largest absolute Gasteiger partial charge is 0.312 e. The second-order valence-electron chi connectivity index (χ2n) is 5.68. The van der Waals surface area contributed by atoms with Gasteiger partial charge < -0.3 is 5.32 Å². The lowest BCUT2D eigenvalue weighted by Gasteiger charge is -2.24. The molecule has 0 radical (unpaired) electrons. The summed E-state index contributed by atoms with van der Waals surface area (Å²) in [5, 5.41) is 3.69. The standard InChI is InChI=1S/C16H24N2S/c1-2-6-16(7-3-1)19-12-11-18-10-4-5-15(18)13-17-14-8-9-14/h1-3,6-7,14-15,17H,4-5,8-13H2. The Kier molecular flexibility index (Phi) is 4.81. The fraction of sp³-hybridized carbons (Fsp3) is 0.625. The molecule has 1 saturated heterocycles. The number of hydrogen-bond acceptors (Lipinski definition) is 3. The summed E-state index contributed by atoms with van der Waals surface area (Å²) in [5.41, 5.74) is 0. The second-order valence-corrected chi connectivity index (χ2v) is 6.84. The Hall–Kier alpha value is -0.510. The molecule has 2 aliphatic rings. The van der Waals surface area contributed by atoms with Gasteiger partial charge in [-0.15, -0.1) is 11.8 Å². The molecule has 1 heterocycles. The van der Waals surface area contributed by atoms with Crippen LogP contribution in [0.3, 0.4) is 0 Å². The Morgan fingerprint density at radius 2 is 2.00 bits per heavy atom. The number of benzene rings is 1. The molecule has 0 amide bonds. The van der Waals surface area contributed by atoms with Gasteiger partial charge in [0.15, 0.2) is 0 Å². The fourth-order valence-electron chi connectivity index (χ4n) is 2.81. The molecule has 1 saturated carbocycles. The van der Waals surface area contributed by atoms with Gasteiger partial charge in [0.25, 0.3) is 0 Å². The molecular weight excluding hydrogens is 252 g/mol. The van der Waals surface area contributed by atoms with E-state index in [2.05, 4.69) is 40.5 Å². The third-order valence-electron chi connectivity index (χ3n) is 4.11. The molecule has 3 rings (SSSR count). The molecule has 1 aliphatic heterocycles. The number of hydrogen-bond donors (Lipinski definition) is 1. The highest BCUT2D eigenvalue weighted by Gasteiger charge is 2.27. The van der Waals surface area contributed by atoms with E-state index in [0.717, 1.165) is 12.1 Å². The number of nitrogens with one attached hydrogen (secondary N) is 1. The summed E-state index contributed by atoms with van der Waals surface area (Å²) in [4.78, 5) is 4.08. The van der Waals surface area contributed by atoms with E-state index in [1.54, 1.807) is 0 Å². The van der Waals surface area contributed by atoms with E-state index in [9.17, 15) is 0 Å². The summed E-state index contributed by atoms with van der Waals surface area (Å²) >= 11 is 1.98. The molecule has 2 nitrogen and oxygen atoms in total. The molecular formula is C16H24N2S. The first-order valence-corrected chi connectivity index (χ1v) is 8.55. The minimum atomic E-state index is 0.789. The van der Waals surface area contributed by atoms with E-state index in [1.807, 2.05) is 11.8 Å². The van der Waals surface area contributed by atoms with Crippen LogP contribution in [0.2, 0.25) is 0 Å². The zero-order valence-electron chi connectivity index (χ0n) is 11.6. The molecule has 1 aromatic carbocycles. The minimum Gasteiger partial charge on any atom is -0.312 e. The highest BCUT2D eigenvalue weighted by Crippen LogP contribution is 2.23. The summed E-state index contributed by atoms with van der Waals surface area (Å²) in [5.74, 6) is 1.21. The van der Waals surface area contributed by atoms with E-state index in [4.69, 9.17) is 0 Å². The fourth-order valence-corrected chi connectivity index (χ4v) is 3.72. The van der Waals surface area contributed by atoms with E-state index in [-0.39, 0.29) is 0 Å². The third kappa shape index (κ3) is 4.23. The molecule has 1 aromatic rings. The average molecular weight is 276 g/mol. The quantitative estimate of drug-likeness (QED) is 0.771. The normalized spacial score (nSPS) is 23.9. The van der Waals surface area contributed by atoms with Crippen molar-refractivity contribution in [2.45, 2.75) is 42.7 Å². The van der Waals surface area contributed by atoms with Crippen LogP contribution in [0.5, 0.6) is 0 Å². The summed E-state index contributed by atoms with van der Waals surface area (Å²) in [6.45, 7) is 3.74. The number of nitrogens with zero attached hydrogens (tertiary/aromatic N) is 1. The maximum Gasteiger partial charge on any atom is 0.0221 e. The minimum absolute atomic E-state index is 0.789. The van der Waals surface area contributed by atoms with Crippen molar-refractivity contribution in [3.8, 4) is 0 Å². The SMILES string of the molecule is c1ccc(SCCN2CCCC2CNC2CC2)cc1. The third-order valence-corrected chi connectivity index (χ3v) is 5.10. The molecule has 0 aromatic heterocycles. The van der Waals surface area contributed by atoms with Crippen molar-refractivity contribution < 1.29 is 0 Å². The average Bonchev–Trinajstić information content (AvgIpc) is 3.17. The van der Waals surface area contributed by atoms with Crippen LogP contribution in [0, 0.1) is 0 Å². The molecule has 1 atom stereocenters. The lowest BCUT2D eigenvalue weighted by atomic mass is 10.2. The molecule has 2 fully saturated rings. The van der Waals surface area contributed by atoms with Gasteiger partial charge >= 0.3 is 0 Å². The van der Waals surface area contributed by atoms with E-state index in [0.29, 0.717) is 0 Å². The zero-order valence-corrected chi connectivity index (χ0v) is 12.4. The highest BCUT2D eigenvalue weighted by molar-refractivity contribution is 7.99. The predicted molar refractivity (Wildman–Crippen MR) is 82.8 cm³/mol. The zero-order chi connectivity index (χ0) is 12.9. The van der Waals surface area contributed by atoms with Crippen molar-refractivity contribution in [2.75, 3.05) is 25.4 Å². The first kappa shape index (κ1) is 13.5. The van der Waals surface area contributed by atoms with Crippen molar-refractivity contribution >= 4 is 11.8 Å². The lowest BCUT2D eigenvalue weighted by Crippen LogP contribution is -2.39. The van der Waals surface area contributed by atoms with Gasteiger partial charge in [-0.25, -0.2) is 0 Å². The maximum absolute atomic E-state index is 3.69. The molecule has 0 spiro atoms. The van der Waals surface area contributed by atoms with Crippen LogP contribution in [0.25, 0.3) is 0 Å². The van der Waals surface area contributed by atoms with Crippen molar-refractivity contribution in [2.24, 2.45) is 0 Å². The summed E-state index contributed by atoms with van der Waals surface area (Å²) in [6.07, 6.45) is 5.57. The van der Waals surface area contributed by atoms with Crippen LogP contribution in [-0.4, -0.2) is 42.4 Å². The molecule has 19 heavy (non-hydrogen) atoms. The van der Waals surface area contributed by atoms with Gasteiger partial charge in [0, 0.05) is 35.8 Å². The summed E-state index contributed by atoms with van der Waals surface area (Å²) in [7, 11) is 0. The summed E-state index contributed by atoms with van der Waals surface area (Å²) < 4.78 is 0. The summed E-state index contributed by atoms with van der Waals surface area (Å²) in [6, 6.07) is 12.4. The van der Waals surface area contributed by atoms with Gasteiger partial charge in [0.2, 0.25) is 0 Å². The molecule has 1 N–H and O–H groups in total. The van der Waals surface area contributed by atoms with Crippen LogP contribution < -0.4 is 5.32 Å². The lowest BCUT2D eigenvalue weighted by molar-refractivity contribution is 0.262. The van der Waals surface area contributed by atoms with Crippen molar-refractivity contribution in [1.82, 2.24) is 10.2 Å². The van der Waals surface area contributed by atoms with Crippen LogP contribution in [0.1, 0.15) is 25.7 Å². The molecule has 104 valence electrons. The Balaban J connectivity index is 1.38. The van der Waals surface area contributed by atoms with Gasteiger partial charge in [-0.05, 0) is 44.4 Å². The first-order valence-electron chi connectivity index (χ1n) is 7.57. The molecule has 3 heteroatoms. The molecule has 0 bridgehead atoms. The number of thioether (sulfide) groups is 1. The first-order chi connectivity index (χ1) is 9.42. The van der Waals surface area contributed by atoms with E-state index < -0.39 is 0 Å². The van der Waals surface area contributed by atoms with Gasteiger partial charge in [0.05, 0.1) is 0 Å². The van der Waals surface area contributed by atoms with Crippen LogP contribution in [-0.2, 0) is 0 Å². The Bertz CT molecular complexity index is 378. The second kappa shape index (κ2) is 6.78. The topological polar surface area (TPSA) is 15.3 Å². The van der Waals surface area contributed by atoms with Crippen LogP contribution in [0.15, 0.2) is 35.2 Å². The number of rotatable bonds is 7. The van der Waals surface area contributed by atoms with Gasteiger partial charge in [0.1, 0.15) is 0 Å². The van der Waals surface area contributed by atoms with E-state index >= 15 is 0 Å². The number of likely N-dealkylation sites (tertiary alicyclic amines) is 1. The van der Waals surface area contributed by atoms with Crippen molar-refractivity contribution in [3.63, 3.8) is 0 Å². The maximum atomic E-state index is 3.69. The smallest absolute Gasteiger partial charge is 0.0221 e. The van der Waals surface area contributed by atoms with Gasteiger partial charge in [-0.3, -0.25) is 4.90 Å². The van der Waals surface area contributed by atoms with Crippen molar-refractivity contribution in [3.05, 3.63) is 30.3 Å². The van der Waals surface area contributed by atoms with Gasteiger partial charge in [-0.1, -0.05) is 18.2 Å². The van der Waals surface area contributed by atoms with Crippen LogP contribution in [0.4, 0.5) is 0 Å². The predicted octanol–water partition coefficient (Wildman–Crippen LogP) is 3.00. The monoisotopic (exact) mass is 276 g/mol. The van der Waals surface area contributed by atoms with Gasteiger partial charge in [-0.2, -0.15) is 0 Å². The Labute approximate surface area is 121 Å². The Morgan fingerprint density at radius 1 is 1.16 bits per heavy atom. The highest BCUT2D eigenvalue weighted by atomic mass is 32.2. The van der Waals surface area contributed by atoms with Crippen LogP contribution >= 0.6 is 11.8 Å². The van der Waals surface area contributed by atoms with Crippen molar-refractivity contribution in [1.29, 1.82) is 0 Å². The van der Waals surface area contributed by atoms with E-state index in [1.165, 1.54) is 56.0 Å².